The van der Waals surface area contributed by atoms with E-state index in [4.69, 9.17) is 5.11 Å². The maximum Gasteiger partial charge on any atom is 0.337 e. The molecule has 0 amide bonds. The summed E-state index contributed by atoms with van der Waals surface area (Å²) in [5.41, 5.74) is 0.932. The number of halogens is 1. The van der Waals surface area contributed by atoms with Gasteiger partial charge in [-0.25, -0.2) is 17.6 Å². The highest BCUT2D eigenvalue weighted by Gasteiger charge is 2.22. The number of hydrogen-bond donors (Lipinski definition) is 2. The van der Waals surface area contributed by atoms with Gasteiger partial charge in [0.1, 0.15) is 10.7 Å². The number of hydrogen-bond acceptors (Lipinski definition) is 3. The fraction of sp³-hybridized carbons (Fsp3) is 0.133. The second kappa shape index (κ2) is 5.76. The van der Waals surface area contributed by atoms with Crippen LogP contribution in [0.4, 0.5) is 10.1 Å². The van der Waals surface area contributed by atoms with Crippen molar-refractivity contribution in [2.75, 3.05) is 4.72 Å². The Balaban J connectivity index is 2.50. The lowest BCUT2D eigenvalue weighted by Gasteiger charge is -2.12. The van der Waals surface area contributed by atoms with Gasteiger partial charge in [0, 0.05) is 0 Å². The third-order valence-electron chi connectivity index (χ3n) is 3.03. The number of sulfonamides is 1. The van der Waals surface area contributed by atoms with Gasteiger partial charge in [-0.3, -0.25) is 4.72 Å². The summed E-state index contributed by atoms with van der Waals surface area (Å²) in [4.78, 5) is 10.7. The van der Waals surface area contributed by atoms with Crippen LogP contribution < -0.4 is 4.72 Å². The smallest absolute Gasteiger partial charge is 0.337 e. The molecular weight excluding hydrogens is 309 g/mol. The predicted molar refractivity (Wildman–Crippen MR) is 80.1 cm³/mol. The molecular formula is C15H14FNO4S. The second-order valence-corrected chi connectivity index (χ2v) is 6.54. The van der Waals surface area contributed by atoms with E-state index >= 15 is 0 Å². The Labute approximate surface area is 127 Å². The molecule has 0 radical (unpaired) electrons. The lowest BCUT2D eigenvalue weighted by Crippen LogP contribution is -2.17. The van der Waals surface area contributed by atoms with Crippen molar-refractivity contribution in [1.29, 1.82) is 0 Å². The highest BCUT2D eigenvalue weighted by molar-refractivity contribution is 7.92. The molecule has 0 spiro atoms. The molecule has 0 saturated carbocycles. The first-order chi connectivity index (χ1) is 10.2. The molecule has 0 heterocycles. The summed E-state index contributed by atoms with van der Waals surface area (Å²) in [5, 5.41) is 9.15. The zero-order valence-electron chi connectivity index (χ0n) is 11.9. The summed E-state index contributed by atoms with van der Waals surface area (Å²) in [6.07, 6.45) is 0. The predicted octanol–water partition coefficient (Wildman–Crippen LogP) is 2.94. The van der Waals surface area contributed by atoms with E-state index in [1.807, 2.05) is 0 Å². The van der Waals surface area contributed by atoms with E-state index < -0.39 is 26.7 Å². The van der Waals surface area contributed by atoms with Crippen molar-refractivity contribution < 1.29 is 22.7 Å². The molecule has 0 aliphatic heterocycles. The minimum absolute atomic E-state index is 0.112. The number of nitrogens with one attached hydrogen (secondary N) is 1. The molecule has 0 aromatic heterocycles. The highest BCUT2D eigenvalue weighted by atomic mass is 32.2. The fourth-order valence-electron chi connectivity index (χ4n) is 1.94. The highest BCUT2D eigenvalue weighted by Crippen LogP contribution is 2.23. The molecule has 116 valence electrons. The molecule has 7 heteroatoms. The van der Waals surface area contributed by atoms with Gasteiger partial charge in [-0.15, -0.1) is 0 Å². The summed E-state index contributed by atoms with van der Waals surface area (Å²) < 4.78 is 40.5. The standard InChI is InChI=1S/C15H14FNO4S/c1-9-4-6-13(11(7-9)15(18)19)17-22(20,21)14-8-10(2)3-5-12(14)16/h3-8,17H,1-2H3,(H,18,19). The van der Waals surface area contributed by atoms with Gasteiger partial charge >= 0.3 is 5.97 Å². The van der Waals surface area contributed by atoms with Crippen LogP contribution in [-0.4, -0.2) is 19.5 Å². The molecule has 2 aromatic carbocycles. The number of carboxylic acid groups (broad SMARTS) is 1. The molecule has 2 aromatic rings. The van der Waals surface area contributed by atoms with Crippen molar-refractivity contribution in [3.8, 4) is 0 Å². The van der Waals surface area contributed by atoms with Crippen LogP contribution in [0.5, 0.6) is 0 Å². The van der Waals surface area contributed by atoms with Crippen molar-refractivity contribution in [2.45, 2.75) is 18.7 Å². The summed E-state index contributed by atoms with van der Waals surface area (Å²) >= 11 is 0. The maximum absolute atomic E-state index is 13.8. The lowest BCUT2D eigenvalue weighted by atomic mass is 10.1. The van der Waals surface area contributed by atoms with Crippen LogP contribution >= 0.6 is 0 Å². The van der Waals surface area contributed by atoms with Crippen molar-refractivity contribution in [3.05, 3.63) is 58.9 Å². The Morgan fingerprint density at radius 2 is 1.68 bits per heavy atom. The number of aryl methyl sites for hydroxylation is 2. The largest absolute Gasteiger partial charge is 0.478 e. The Kier molecular flexibility index (Phi) is 4.18. The van der Waals surface area contributed by atoms with Gasteiger partial charge in [0.05, 0.1) is 11.3 Å². The lowest BCUT2D eigenvalue weighted by molar-refractivity contribution is 0.0698. The summed E-state index contributed by atoms with van der Waals surface area (Å²) in [7, 11) is -4.22. The van der Waals surface area contributed by atoms with Crippen LogP contribution in [0.1, 0.15) is 21.5 Å². The van der Waals surface area contributed by atoms with Crippen molar-refractivity contribution in [3.63, 3.8) is 0 Å². The summed E-state index contributed by atoms with van der Waals surface area (Å²) in [6.45, 7) is 3.32. The van der Waals surface area contributed by atoms with Gasteiger partial charge in [-0.1, -0.05) is 17.7 Å². The van der Waals surface area contributed by atoms with Gasteiger partial charge in [0.25, 0.3) is 10.0 Å². The van der Waals surface area contributed by atoms with Crippen molar-refractivity contribution in [2.24, 2.45) is 0 Å². The van der Waals surface area contributed by atoms with E-state index in [1.54, 1.807) is 19.9 Å². The SMILES string of the molecule is Cc1ccc(NS(=O)(=O)c2cc(C)ccc2F)c(C(=O)O)c1. The molecule has 0 aliphatic rings. The Morgan fingerprint density at radius 3 is 2.32 bits per heavy atom. The van der Waals surface area contributed by atoms with E-state index in [0.717, 1.165) is 6.07 Å². The van der Waals surface area contributed by atoms with Crippen LogP contribution in [0.2, 0.25) is 0 Å². The second-order valence-electron chi connectivity index (χ2n) is 4.89. The number of benzene rings is 2. The molecule has 0 bridgehead atoms. The molecule has 22 heavy (non-hydrogen) atoms. The van der Waals surface area contributed by atoms with Crippen LogP contribution in [0.3, 0.4) is 0 Å². The molecule has 2 N–H and O–H groups in total. The molecule has 0 aliphatic carbocycles. The van der Waals surface area contributed by atoms with Crippen LogP contribution in [-0.2, 0) is 10.0 Å². The average molecular weight is 323 g/mol. The van der Waals surface area contributed by atoms with Gasteiger partial charge in [0.2, 0.25) is 0 Å². The van der Waals surface area contributed by atoms with Crippen LogP contribution in [0.25, 0.3) is 0 Å². The topological polar surface area (TPSA) is 83.5 Å². The number of carboxylic acids is 1. The number of anilines is 1. The van der Waals surface area contributed by atoms with E-state index in [0.29, 0.717) is 11.1 Å². The van der Waals surface area contributed by atoms with Crippen LogP contribution in [0.15, 0.2) is 41.3 Å². The van der Waals surface area contributed by atoms with Crippen LogP contribution in [0, 0.1) is 19.7 Å². The summed E-state index contributed by atoms with van der Waals surface area (Å²) in [5.74, 6) is -2.17. The Bertz CT molecular complexity index is 847. The molecule has 0 atom stereocenters. The van der Waals surface area contributed by atoms with E-state index in [-0.39, 0.29) is 11.3 Å². The normalized spacial score (nSPS) is 11.2. The Hall–Kier alpha value is -2.41. The molecule has 2 rings (SSSR count). The van der Waals surface area contributed by atoms with E-state index in [1.165, 1.54) is 24.3 Å². The third-order valence-corrected chi connectivity index (χ3v) is 4.41. The number of carbonyl (C=O) groups is 1. The van der Waals surface area contributed by atoms with E-state index in [2.05, 4.69) is 4.72 Å². The molecule has 5 nitrogen and oxygen atoms in total. The fourth-order valence-corrected chi connectivity index (χ4v) is 3.18. The summed E-state index contributed by atoms with van der Waals surface area (Å²) in [6, 6.07) is 7.93. The first kappa shape index (κ1) is 16.0. The van der Waals surface area contributed by atoms with Crippen molar-refractivity contribution in [1.82, 2.24) is 0 Å². The first-order valence-electron chi connectivity index (χ1n) is 6.33. The quantitative estimate of drug-likeness (QED) is 0.906. The minimum atomic E-state index is -4.22. The third kappa shape index (κ3) is 3.25. The molecule has 0 saturated heterocycles. The average Bonchev–Trinajstić information content (AvgIpc) is 2.43. The van der Waals surface area contributed by atoms with Gasteiger partial charge in [0.15, 0.2) is 0 Å². The molecule has 0 fully saturated rings. The number of rotatable bonds is 4. The zero-order chi connectivity index (χ0) is 16.5. The maximum atomic E-state index is 13.8. The van der Waals surface area contributed by atoms with Crippen molar-refractivity contribution >= 4 is 21.7 Å². The van der Waals surface area contributed by atoms with E-state index in [9.17, 15) is 17.6 Å². The monoisotopic (exact) mass is 323 g/mol. The van der Waals surface area contributed by atoms with Gasteiger partial charge in [-0.2, -0.15) is 0 Å². The van der Waals surface area contributed by atoms with Gasteiger partial charge in [-0.05, 0) is 43.7 Å². The zero-order valence-corrected chi connectivity index (χ0v) is 12.7. The minimum Gasteiger partial charge on any atom is -0.478 e. The Morgan fingerprint density at radius 1 is 1.09 bits per heavy atom. The molecule has 0 unspecified atom stereocenters. The van der Waals surface area contributed by atoms with Gasteiger partial charge < -0.3 is 5.11 Å². The number of aromatic carboxylic acids is 1. The first-order valence-corrected chi connectivity index (χ1v) is 7.82.